The molecule has 0 bridgehead atoms. The van der Waals surface area contributed by atoms with Crippen molar-refractivity contribution in [3.63, 3.8) is 0 Å². The van der Waals surface area contributed by atoms with Crippen LogP contribution in [0, 0.1) is 4.91 Å². The van der Waals surface area contributed by atoms with Crippen LogP contribution in [0.2, 0.25) is 0 Å². The van der Waals surface area contributed by atoms with Crippen LogP contribution in [-0.4, -0.2) is 31.6 Å². The standard InChI is InChI=1S/C5H12N2O/c1-5(6-8)4-7(2)3/h5H,4H2,1-3H3. The highest BCUT2D eigenvalue weighted by Crippen LogP contribution is 1.88. The predicted octanol–water partition coefficient (Wildman–Crippen LogP) is 0.703. The van der Waals surface area contributed by atoms with Gasteiger partial charge in [-0.15, -0.1) is 0 Å². The lowest BCUT2D eigenvalue weighted by atomic mass is 10.3. The molecule has 0 spiro atoms. The molecule has 0 rings (SSSR count). The van der Waals surface area contributed by atoms with Crippen molar-refractivity contribution in [2.75, 3.05) is 20.6 Å². The average molecular weight is 116 g/mol. The van der Waals surface area contributed by atoms with E-state index in [4.69, 9.17) is 0 Å². The Labute approximate surface area is 49.7 Å². The van der Waals surface area contributed by atoms with Gasteiger partial charge in [0.05, 0.1) is 0 Å². The molecule has 1 unspecified atom stereocenters. The van der Waals surface area contributed by atoms with E-state index in [0.717, 1.165) is 6.54 Å². The topological polar surface area (TPSA) is 32.7 Å². The van der Waals surface area contributed by atoms with Gasteiger partial charge >= 0.3 is 0 Å². The van der Waals surface area contributed by atoms with Gasteiger partial charge in [0.25, 0.3) is 0 Å². The zero-order valence-electron chi connectivity index (χ0n) is 5.59. The zero-order valence-corrected chi connectivity index (χ0v) is 5.59. The third-order valence-electron chi connectivity index (χ3n) is 0.809. The minimum atomic E-state index is -0.0787. The summed E-state index contributed by atoms with van der Waals surface area (Å²) in [5.41, 5.74) is 0. The van der Waals surface area contributed by atoms with E-state index in [1.165, 1.54) is 0 Å². The molecule has 0 heterocycles. The molecule has 0 aromatic heterocycles. The van der Waals surface area contributed by atoms with Crippen LogP contribution in [0.25, 0.3) is 0 Å². The predicted molar refractivity (Wildman–Crippen MR) is 33.8 cm³/mol. The summed E-state index contributed by atoms with van der Waals surface area (Å²) in [5, 5.41) is 2.84. The minimum Gasteiger partial charge on any atom is -0.307 e. The first kappa shape index (κ1) is 7.56. The monoisotopic (exact) mass is 116 g/mol. The van der Waals surface area contributed by atoms with Crippen LogP contribution in [0.5, 0.6) is 0 Å². The summed E-state index contributed by atoms with van der Waals surface area (Å²) >= 11 is 0. The molecule has 1 atom stereocenters. The highest BCUT2D eigenvalue weighted by atomic mass is 16.3. The Bertz CT molecular complexity index is 72.8. The fourth-order valence-electron chi connectivity index (χ4n) is 0.562. The van der Waals surface area contributed by atoms with Crippen molar-refractivity contribution in [1.29, 1.82) is 0 Å². The van der Waals surface area contributed by atoms with E-state index in [-0.39, 0.29) is 6.04 Å². The average Bonchev–Trinajstić information content (AvgIpc) is 1.65. The van der Waals surface area contributed by atoms with Gasteiger partial charge in [-0.2, -0.15) is 4.91 Å². The molecule has 0 aliphatic carbocycles. The van der Waals surface area contributed by atoms with Crippen molar-refractivity contribution >= 4 is 0 Å². The second-order valence-electron chi connectivity index (χ2n) is 2.22. The van der Waals surface area contributed by atoms with Crippen LogP contribution in [0.3, 0.4) is 0 Å². The van der Waals surface area contributed by atoms with Crippen LogP contribution >= 0.6 is 0 Å². The molecule has 0 aromatic rings. The largest absolute Gasteiger partial charge is 0.307 e. The van der Waals surface area contributed by atoms with Crippen molar-refractivity contribution in [3.05, 3.63) is 4.91 Å². The molecule has 0 fully saturated rings. The second kappa shape index (κ2) is 3.55. The third-order valence-corrected chi connectivity index (χ3v) is 0.809. The molecular weight excluding hydrogens is 104 g/mol. The quantitative estimate of drug-likeness (QED) is 0.508. The van der Waals surface area contributed by atoms with E-state index in [2.05, 4.69) is 5.18 Å². The Morgan fingerprint density at radius 1 is 1.62 bits per heavy atom. The normalized spacial score (nSPS) is 14.0. The Morgan fingerprint density at radius 3 is 2.25 bits per heavy atom. The Kier molecular flexibility index (Phi) is 3.35. The number of nitroso groups, excluding NO2 is 1. The number of likely N-dealkylation sites (N-methyl/N-ethyl adjacent to an activating group) is 1. The summed E-state index contributed by atoms with van der Waals surface area (Å²) in [5.74, 6) is 0. The molecule has 0 amide bonds. The molecule has 3 heteroatoms. The number of hydrogen-bond donors (Lipinski definition) is 0. The summed E-state index contributed by atoms with van der Waals surface area (Å²) in [6, 6.07) is -0.0787. The van der Waals surface area contributed by atoms with Gasteiger partial charge in [0, 0.05) is 6.54 Å². The summed E-state index contributed by atoms with van der Waals surface area (Å²) in [4.78, 5) is 11.7. The van der Waals surface area contributed by atoms with E-state index >= 15 is 0 Å². The number of nitrogens with zero attached hydrogens (tertiary/aromatic N) is 2. The molecule has 8 heavy (non-hydrogen) atoms. The maximum absolute atomic E-state index is 9.76. The highest BCUT2D eigenvalue weighted by molar-refractivity contribution is 4.59. The molecule has 48 valence electrons. The van der Waals surface area contributed by atoms with Crippen LogP contribution in [0.15, 0.2) is 5.18 Å². The molecular formula is C5H12N2O. The summed E-state index contributed by atoms with van der Waals surface area (Å²) in [6.07, 6.45) is 0. The summed E-state index contributed by atoms with van der Waals surface area (Å²) in [6.45, 7) is 2.54. The molecule has 0 radical (unpaired) electrons. The van der Waals surface area contributed by atoms with E-state index < -0.39 is 0 Å². The Morgan fingerprint density at radius 2 is 2.12 bits per heavy atom. The maximum Gasteiger partial charge on any atom is 0.102 e. The molecule has 0 saturated carbocycles. The maximum atomic E-state index is 9.76. The van der Waals surface area contributed by atoms with Gasteiger partial charge < -0.3 is 4.90 Å². The molecule has 0 aliphatic heterocycles. The smallest absolute Gasteiger partial charge is 0.102 e. The van der Waals surface area contributed by atoms with Gasteiger partial charge in [0.1, 0.15) is 6.04 Å². The summed E-state index contributed by atoms with van der Waals surface area (Å²) < 4.78 is 0. The van der Waals surface area contributed by atoms with Gasteiger partial charge in [-0.3, -0.25) is 0 Å². The first-order valence-corrected chi connectivity index (χ1v) is 2.64. The van der Waals surface area contributed by atoms with Crippen molar-refractivity contribution in [2.45, 2.75) is 13.0 Å². The van der Waals surface area contributed by atoms with Crippen LogP contribution in [0.1, 0.15) is 6.92 Å². The van der Waals surface area contributed by atoms with Crippen LogP contribution in [0.4, 0.5) is 0 Å². The van der Waals surface area contributed by atoms with Gasteiger partial charge in [-0.05, 0) is 21.0 Å². The van der Waals surface area contributed by atoms with Crippen molar-refractivity contribution in [2.24, 2.45) is 5.18 Å². The number of hydrogen-bond acceptors (Lipinski definition) is 3. The SMILES string of the molecule is CC(CN(C)C)N=O. The third kappa shape index (κ3) is 3.74. The number of rotatable bonds is 3. The molecule has 0 saturated heterocycles. The lowest BCUT2D eigenvalue weighted by Crippen LogP contribution is -2.21. The fraction of sp³-hybridized carbons (Fsp3) is 1.00. The van der Waals surface area contributed by atoms with E-state index in [1.54, 1.807) is 6.92 Å². The van der Waals surface area contributed by atoms with E-state index in [9.17, 15) is 4.91 Å². The highest BCUT2D eigenvalue weighted by Gasteiger charge is 1.99. The molecule has 0 aromatic carbocycles. The molecule has 0 N–H and O–H groups in total. The zero-order chi connectivity index (χ0) is 6.57. The van der Waals surface area contributed by atoms with Gasteiger partial charge in [-0.1, -0.05) is 5.18 Å². The summed E-state index contributed by atoms with van der Waals surface area (Å²) in [7, 11) is 3.84. The van der Waals surface area contributed by atoms with Crippen molar-refractivity contribution in [1.82, 2.24) is 4.90 Å². The lowest BCUT2D eigenvalue weighted by Gasteiger charge is -2.09. The fourth-order valence-corrected chi connectivity index (χ4v) is 0.562. The molecule has 3 nitrogen and oxygen atoms in total. The lowest BCUT2D eigenvalue weighted by molar-refractivity contribution is 0.383. The first-order chi connectivity index (χ1) is 3.66. The van der Waals surface area contributed by atoms with E-state index in [1.807, 2.05) is 19.0 Å². The second-order valence-corrected chi connectivity index (χ2v) is 2.22. The van der Waals surface area contributed by atoms with Crippen molar-refractivity contribution in [3.8, 4) is 0 Å². The van der Waals surface area contributed by atoms with Crippen LogP contribution < -0.4 is 0 Å². The van der Waals surface area contributed by atoms with Gasteiger partial charge in [0.2, 0.25) is 0 Å². The first-order valence-electron chi connectivity index (χ1n) is 2.64. The van der Waals surface area contributed by atoms with Crippen LogP contribution in [-0.2, 0) is 0 Å². The minimum absolute atomic E-state index is 0.0787. The van der Waals surface area contributed by atoms with Gasteiger partial charge in [-0.25, -0.2) is 0 Å². The van der Waals surface area contributed by atoms with Crippen molar-refractivity contribution < 1.29 is 0 Å². The molecule has 0 aliphatic rings. The van der Waals surface area contributed by atoms with E-state index in [0.29, 0.717) is 0 Å². The van der Waals surface area contributed by atoms with Gasteiger partial charge in [0.15, 0.2) is 0 Å². The Hall–Kier alpha value is -0.440. The Balaban J connectivity index is 3.23.